The van der Waals surface area contributed by atoms with Gasteiger partial charge < -0.3 is 30.5 Å². The number of carbonyl (C=O) groups is 4. The van der Waals surface area contributed by atoms with Crippen molar-refractivity contribution in [1.29, 1.82) is 0 Å². The summed E-state index contributed by atoms with van der Waals surface area (Å²) in [6.45, 7) is 14.9. The van der Waals surface area contributed by atoms with Crippen LogP contribution in [-0.2, 0) is 19.1 Å². The lowest BCUT2D eigenvalue weighted by molar-refractivity contribution is -0.142. The van der Waals surface area contributed by atoms with Gasteiger partial charge in [0, 0.05) is 6.54 Å². The lowest BCUT2D eigenvalue weighted by atomic mass is 9.79. The quantitative estimate of drug-likeness (QED) is 0.282. The molecule has 1 aliphatic heterocycles. The van der Waals surface area contributed by atoms with E-state index in [-0.39, 0.29) is 6.54 Å². The van der Waals surface area contributed by atoms with Crippen LogP contribution in [0.25, 0.3) is 0 Å². The van der Waals surface area contributed by atoms with Gasteiger partial charge >= 0.3 is 6.09 Å². The highest BCUT2D eigenvalue weighted by Crippen LogP contribution is 2.32. The minimum atomic E-state index is -1.43. The minimum absolute atomic E-state index is 0.264. The number of aliphatic hydroxyl groups is 1. The number of carbonyl (C=O) groups excluding carboxylic acids is 4. The number of aliphatic hydroxyl groups excluding tert-OH is 1. The van der Waals surface area contributed by atoms with Crippen LogP contribution in [0.15, 0.2) is 12.2 Å². The summed E-state index contributed by atoms with van der Waals surface area (Å²) in [6.07, 6.45) is 1.78. The van der Waals surface area contributed by atoms with Gasteiger partial charge in [-0.15, -0.1) is 0 Å². The molecule has 0 aromatic rings. The highest BCUT2D eigenvalue weighted by molar-refractivity contribution is 7.15. The average Bonchev–Trinajstić information content (AvgIpc) is 3.11. The van der Waals surface area contributed by atoms with Crippen LogP contribution >= 0.6 is 9.39 Å². The van der Waals surface area contributed by atoms with E-state index < -0.39 is 59.1 Å². The Kier molecular flexibility index (Phi) is 9.93. The number of rotatable bonds is 8. The smallest absolute Gasteiger partial charge is 0.408 e. The third-order valence-electron chi connectivity index (χ3n) is 6.61. The Morgan fingerprint density at radius 2 is 1.75 bits per heavy atom. The summed E-state index contributed by atoms with van der Waals surface area (Å²) in [4.78, 5) is 53.1. The number of likely N-dealkylation sites (tertiary alicyclic amines) is 1. The molecule has 1 aliphatic carbocycles. The average molecular weight is 527 g/mol. The van der Waals surface area contributed by atoms with E-state index in [1.54, 1.807) is 20.8 Å². The Labute approximate surface area is 216 Å². The van der Waals surface area contributed by atoms with E-state index in [1.807, 2.05) is 20.8 Å². The van der Waals surface area contributed by atoms with Gasteiger partial charge in [-0.25, -0.2) is 4.79 Å². The standard InChI is InChI=1S/C25H43N4O6P/c1-14-11-12-29(22(33)19(24(2,3)4)27-23(34)35-25(5,6)7)17(14)20(31)26-16(13-15-9-8-10-15)18(30)21(32)28-36/h15-19,30H,1,8-13,36H2,2-7H3,(H,26,31)(H,27,34)(H,28,32)/t16?,17-,18?,19+/m0/s1. The second kappa shape index (κ2) is 11.9. The maximum atomic E-state index is 13.7. The molecule has 0 radical (unpaired) electrons. The van der Waals surface area contributed by atoms with Crippen molar-refractivity contribution < 1.29 is 29.0 Å². The molecule has 10 nitrogen and oxygen atoms in total. The number of hydrogen-bond acceptors (Lipinski definition) is 6. The monoisotopic (exact) mass is 526 g/mol. The third-order valence-corrected chi connectivity index (χ3v) is 6.89. The summed E-state index contributed by atoms with van der Waals surface area (Å²) in [7, 11) is 2.06. The Morgan fingerprint density at radius 3 is 2.22 bits per heavy atom. The second-order valence-electron chi connectivity index (χ2n) is 11.9. The number of alkyl carbamates (subject to hydrolysis) is 1. The lowest BCUT2D eigenvalue weighted by Gasteiger charge is -2.37. The molecule has 3 unspecified atom stereocenters. The molecule has 4 N–H and O–H groups in total. The Hall–Kier alpha value is -2.19. The van der Waals surface area contributed by atoms with E-state index in [2.05, 4.69) is 31.7 Å². The summed E-state index contributed by atoms with van der Waals surface area (Å²) < 4.78 is 5.35. The summed E-state index contributed by atoms with van der Waals surface area (Å²) in [6, 6.07) is -2.72. The zero-order valence-corrected chi connectivity index (χ0v) is 23.5. The molecule has 2 rings (SSSR count). The van der Waals surface area contributed by atoms with Gasteiger partial charge in [-0.1, -0.05) is 46.6 Å². The van der Waals surface area contributed by atoms with Crippen molar-refractivity contribution in [2.24, 2.45) is 11.3 Å². The fraction of sp³-hybridized carbons (Fsp3) is 0.760. The van der Waals surface area contributed by atoms with Gasteiger partial charge in [-0.05, 0) is 59.9 Å². The van der Waals surface area contributed by atoms with Gasteiger partial charge in [0.2, 0.25) is 11.8 Å². The van der Waals surface area contributed by atoms with Crippen LogP contribution < -0.4 is 15.7 Å². The van der Waals surface area contributed by atoms with Gasteiger partial charge in [-0.2, -0.15) is 0 Å². The Balaban J connectivity index is 2.23. The zero-order valence-electron chi connectivity index (χ0n) is 22.3. The summed E-state index contributed by atoms with van der Waals surface area (Å²) >= 11 is 0. The van der Waals surface area contributed by atoms with Crippen LogP contribution in [0, 0.1) is 11.3 Å². The summed E-state index contributed by atoms with van der Waals surface area (Å²) in [5, 5.41) is 18.4. The Bertz CT molecular complexity index is 862. The minimum Gasteiger partial charge on any atom is -0.444 e. The van der Waals surface area contributed by atoms with E-state index >= 15 is 0 Å². The maximum Gasteiger partial charge on any atom is 0.408 e. The lowest BCUT2D eigenvalue weighted by Crippen LogP contribution is -2.60. The second-order valence-corrected chi connectivity index (χ2v) is 12.2. The van der Waals surface area contributed by atoms with E-state index in [1.165, 1.54) is 4.90 Å². The zero-order chi connectivity index (χ0) is 27.4. The van der Waals surface area contributed by atoms with Crippen molar-refractivity contribution in [2.75, 3.05) is 6.54 Å². The first-order valence-electron chi connectivity index (χ1n) is 12.5. The number of nitrogens with zero attached hydrogens (tertiary/aromatic N) is 1. The SMILES string of the molecule is C=C1CCN(C(=O)[C@@H](NC(=O)OC(C)(C)C)C(C)(C)C)[C@@H]1C(=O)NC(CC1CCC1)C(O)C(=O)NP. The molecule has 11 heteroatoms. The van der Waals surface area contributed by atoms with Crippen LogP contribution in [0.2, 0.25) is 0 Å². The third kappa shape index (κ3) is 7.90. The molecule has 0 aromatic heterocycles. The van der Waals surface area contributed by atoms with Crippen LogP contribution in [-0.4, -0.2) is 70.2 Å². The van der Waals surface area contributed by atoms with Crippen LogP contribution in [0.5, 0.6) is 0 Å². The highest BCUT2D eigenvalue weighted by Gasteiger charge is 2.45. The summed E-state index contributed by atoms with van der Waals surface area (Å²) in [5.74, 6) is -1.23. The van der Waals surface area contributed by atoms with Gasteiger partial charge in [0.05, 0.1) is 6.04 Å². The van der Waals surface area contributed by atoms with E-state index in [4.69, 9.17) is 4.74 Å². The fourth-order valence-electron chi connectivity index (χ4n) is 4.44. The van der Waals surface area contributed by atoms with Crippen molar-refractivity contribution in [1.82, 2.24) is 20.6 Å². The normalized spacial score (nSPS) is 21.2. The fourth-order valence-corrected chi connectivity index (χ4v) is 4.61. The van der Waals surface area contributed by atoms with Crippen molar-refractivity contribution in [3.05, 3.63) is 12.2 Å². The molecular weight excluding hydrogens is 483 g/mol. The van der Waals surface area contributed by atoms with Crippen molar-refractivity contribution in [3.8, 4) is 0 Å². The predicted octanol–water partition coefficient (Wildman–Crippen LogP) is 2.03. The molecule has 2 aliphatic rings. The van der Waals surface area contributed by atoms with Crippen molar-refractivity contribution in [3.63, 3.8) is 0 Å². The molecule has 4 amide bonds. The predicted molar refractivity (Wildman–Crippen MR) is 140 cm³/mol. The molecule has 2 fully saturated rings. The molecule has 1 heterocycles. The molecule has 1 saturated carbocycles. The molecule has 1 saturated heterocycles. The molecule has 0 spiro atoms. The number of amides is 4. The van der Waals surface area contributed by atoms with Gasteiger partial charge in [-0.3, -0.25) is 14.4 Å². The number of hydrogen-bond donors (Lipinski definition) is 4. The molecule has 5 atom stereocenters. The molecular formula is C25H43N4O6P. The summed E-state index contributed by atoms with van der Waals surface area (Å²) in [5.41, 5.74) is -0.851. The first-order chi connectivity index (χ1) is 16.5. The van der Waals surface area contributed by atoms with E-state index in [9.17, 15) is 24.3 Å². The largest absolute Gasteiger partial charge is 0.444 e. The number of nitrogens with one attached hydrogen (secondary N) is 3. The van der Waals surface area contributed by atoms with E-state index in [0.717, 1.165) is 19.3 Å². The number of ether oxygens (including phenoxy) is 1. The van der Waals surface area contributed by atoms with Gasteiger partial charge in [0.25, 0.3) is 5.91 Å². The molecule has 204 valence electrons. The van der Waals surface area contributed by atoms with Crippen molar-refractivity contribution >= 4 is 33.2 Å². The molecule has 36 heavy (non-hydrogen) atoms. The van der Waals surface area contributed by atoms with E-state index in [0.29, 0.717) is 24.3 Å². The maximum absolute atomic E-state index is 13.7. The molecule has 0 aromatic carbocycles. The van der Waals surface area contributed by atoms with Crippen LogP contribution in [0.1, 0.15) is 73.6 Å². The van der Waals surface area contributed by atoms with Gasteiger partial charge in [0.15, 0.2) is 6.10 Å². The molecule has 0 bridgehead atoms. The Morgan fingerprint density at radius 1 is 1.14 bits per heavy atom. The van der Waals surface area contributed by atoms with Gasteiger partial charge in [0.1, 0.15) is 17.7 Å². The van der Waals surface area contributed by atoms with Crippen LogP contribution in [0.4, 0.5) is 4.79 Å². The first-order valence-corrected chi connectivity index (χ1v) is 13.1. The van der Waals surface area contributed by atoms with Crippen molar-refractivity contribution in [2.45, 2.75) is 103 Å². The van der Waals surface area contributed by atoms with Crippen LogP contribution in [0.3, 0.4) is 0 Å². The highest BCUT2D eigenvalue weighted by atomic mass is 31.0. The topological polar surface area (TPSA) is 137 Å². The first kappa shape index (κ1) is 30.0.